The Morgan fingerprint density at radius 3 is 2.94 bits per heavy atom. The Bertz CT molecular complexity index is 217. The molecule has 3 atom stereocenters. The van der Waals surface area contributed by atoms with Crippen molar-refractivity contribution in [3.8, 4) is 0 Å². The second kappa shape index (κ2) is 6.69. The lowest BCUT2D eigenvalue weighted by Crippen LogP contribution is -2.49. The normalized spacial score (nSPS) is 32.8. The van der Waals surface area contributed by atoms with Gasteiger partial charge in [-0.1, -0.05) is 0 Å². The summed E-state index contributed by atoms with van der Waals surface area (Å²) in [6.45, 7) is 7.02. The summed E-state index contributed by atoms with van der Waals surface area (Å²) >= 11 is 0. The second-order valence-electron chi connectivity index (χ2n) is 5.35. The minimum atomic E-state index is 0.135. The highest BCUT2D eigenvalue weighted by atomic mass is 16.5. The monoisotopic (exact) mass is 242 g/mol. The molecule has 2 heterocycles. The van der Waals surface area contributed by atoms with Gasteiger partial charge in [-0.15, -0.1) is 0 Å². The van der Waals surface area contributed by atoms with Crippen LogP contribution >= 0.6 is 0 Å². The van der Waals surface area contributed by atoms with Crippen LogP contribution in [0.15, 0.2) is 0 Å². The smallest absolute Gasteiger partial charge is 0.0850 e. The number of hydrogen-bond acceptors (Lipinski definition) is 4. The minimum Gasteiger partial charge on any atom is -0.378 e. The van der Waals surface area contributed by atoms with E-state index in [0.717, 1.165) is 32.8 Å². The summed E-state index contributed by atoms with van der Waals surface area (Å²) in [7, 11) is 0. The molecule has 0 saturated carbocycles. The second-order valence-corrected chi connectivity index (χ2v) is 5.35. The van der Waals surface area contributed by atoms with Crippen molar-refractivity contribution in [2.45, 2.75) is 50.9 Å². The molecule has 0 aromatic carbocycles. The first-order valence-corrected chi connectivity index (χ1v) is 6.97. The van der Waals surface area contributed by atoms with Gasteiger partial charge in [0, 0.05) is 25.7 Å². The average Bonchev–Trinajstić information content (AvgIpc) is 2.82. The van der Waals surface area contributed by atoms with Gasteiger partial charge in [0.25, 0.3) is 0 Å². The van der Waals surface area contributed by atoms with Gasteiger partial charge in [-0.3, -0.25) is 4.90 Å². The van der Waals surface area contributed by atoms with Gasteiger partial charge in [0.2, 0.25) is 0 Å². The molecule has 0 aromatic rings. The molecule has 0 bridgehead atoms. The highest BCUT2D eigenvalue weighted by Gasteiger charge is 2.23. The maximum absolute atomic E-state index is 5.89. The van der Waals surface area contributed by atoms with Crippen LogP contribution in [0.1, 0.15) is 32.6 Å². The fourth-order valence-electron chi connectivity index (χ4n) is 2.67. The summed E-state index contributed by atoms with van der Waals surface area (Å²) in [6.07, 6.45) is 5.68. The Morgan fingerprint density at radius 2 is 2.24 bits per heavy atom. The molecule has 0 aromatic heterocycles. The van der Waals surface area contributed by atoms with Gasteiger partial charge in [0.05, 0.1) is 18.8 Å². The molecule has 17 heavy (non-hydrogen) atoms. The predicted octanol–water partition coefficient (Wildman–Crippen LogP) is 0.994. The summed E-state index contributed by atoms with van der Waals surface area (Å²) in [5, 5.41) is 0. The van der Waals surface area contributed by atoms with E-state index in [4.69, 9.17) is 15.2 Å². The van der Waals surface area contributed by atoms with Gasteiger partial charge in [0.15, 0.2) is 0 Å². The first-order valence-electron chi connectivity index (χ1n) is 6.97. The molecule has 100 valence electrons. The number of ether oxygens (including phenoxy) is 2. The summed E-state index contributed by atoms with van der Waals surface area (Å²) in [5.41, 5.74) is 5.89. The number of nitrogens with two attached hydrogens (primary N) is 1. The van der Waals surface area contributed by atoms with E-state index in [1.54, 1.807) is 0 Å². The Balaban J connectivity index is 1.61. The van der Waals surface area contributed by atoms with Gasteiger partial charge in [-0.2, -0.15) is 0 Å². The van der Waals surface area contributed by atoms with E-state index in [0.29, 0.717) is 6.10 Å². The van der Waals surface area contributed by atoms with Crippen molar-refractivity contribution in [3.63, 3.8) is 0 Å². The number of morpholine rings is 1. The quantitative estimate of drug-likeness (QED) is 0.781. The molecule has 0 amide bonds. The largest absolute Gasteiger partial charge is 0.378 e. The van der Waals surface area contributed by atoms with E-state index in [1.807, 2.05) is 6.92 Å². The van der Waals surface area contributed by atoms with E-state index in [1.165, 1.54) is 25.7 Å². The van der Waals surface area contributed by atoms with Gasteiger partial charge < -0.3 is 15.2 Å². The molecular weight excluding hydrogens is 216 g/mol. The minimum absolute atomic E-state index is 0.135. The van der Waals surface area contributed by atoms with Crippen LogP contribution < -0.4 is 5.73 Å². The van der Waals surface area contributed by atoms with E-state index >= 15 is 0 Å². The molecule has 0 radical (unpaired) electrons. The molecule has 2 fully saturated rings. The molecule has 2 N–H and O–H groups in total. The van der Waals surface area contributed by atoms with E-state index in [2.05, 4.69) is 4.90 Å². The van der Waals surface area contributed by atoms with Crippen LogP contribution in [-0.2, 0) is 9.47 Å². The Morgan fingerprint density at radius 1 is 1.35 bits per heavy atom. The third kappa shape index (κ3) is 4.21. The average molecular weight is 242 g/mol. The van der Waals surface area contributed by atoms with Crippen molar-refractivity contribution in [3.05, 3.63) is 0 Å². The summed E-state index contributed by atoms with van der Waals surface area (Å²) in [4.78, 5) is 2.48. The molecular formula is C13H26N2O2. The highest BCUT2D eigenvalue weighted by Crippen LogP contribution is 2.17. The summed E-state index contributed by atoms with van der Waals surface area (Å²) in [5.74, 6) is 0. The molecule has 0 spiro atoms. The Kier molecular flexibility index (Phi) is 5.22. The van der Waals surface area contributed by atoms with Crippen molar-refractivity contribution >= 4 is 0 Å². The first kappa shape index (κ1) is 13.3. The molecule has 2 rings (SSSR count). The zero-order chi connectivity index (χ0) is 12.1. The van der Waals surface area contributed by atoms with Crippen molar-refractivity contribution in [1.29, 1.82) is 0 Å². The maximum atomic E-state index is 5.89. The van der Waals surface area contributed by atoms with Gasteiger partial charge >= 0.3 is 0 Å². The lowest BCUT2D eigenvalue weighted by molar-refractivity contribution is -0.0387. The third-order valence-electron chi connectivity index (χ3n) is 3.79. The van der Waals surface area contributed by atoms with Crippen LogP contribution in [0.5, 0.6) is 0 Å². The van der Waals surface area contributed by atoms with Crippen molar-refractivity contribution in [2.75, 3.05) is 32.8 Å². The van der Waals surface area contributed by atoms with E-state index in [-0.39, 0.29) is 12.1 Å². The maximum Gasteiger partial charge on any atom is 0.0850 e. The van der Waals surface area contributed by atoms with Gasteiger partial charge in [0.1, 0.15) is 0 Å². The zero-order valence-corrected chi connectivity index (χ0v) is 10.9. The Hall–Kier alpha value is -0.160. The zero-order valence-electron chi connectivity index (χ0n) is 10.9. The fourth-order valence-corrected chi connectivity index (χ4v) is 2.67. The standard InChI is InChI=1S/C13H26N2O2/c1-11(14)13-10-15(7-9-17-13)6-2-4-12-5-3-8-16-12/h11-13H,2-10,14H2,1H3. The third-order valence-corrected chi connectivity index (χ3v) is 3.79. The molecule has 2 aliphatic rings. The molecule has 2 saturated heterocycles. The fraction of sp³-hybridized carbons (Fsp3) is 1.00. The van der Waals surface area contributed by atoms with Crippen LogP contribution in [0.25, 0.3) is 0 Å². The van der Waals surface area contributed by atoms with Crippen LogP contribution in [0.3, 0.4) is 0 Å². The predicted molar refractivity (Wildman–Crippen MR) is 68.0 cm³/mol. The molecule has 4 heteroatoms. The van der Waals surface area contributed by atoms with Crippen molar-refractivity contribution in [2.24, 2.45) is 5.73 Å². The lowest BCUT2D eigenvalue weighted by Gasteiger charge is -2.34. The molecule has 4 nitrogen and oxygen atoms in total. The van der Waals surface area contributed by atoms with Crippen molar-refractivity contribution < 1.29 is 9.47 Å². The van der Waals surface area contributed by atoms with Crippen LogP contribution in [0.4, 0.5) is 0 Å². The summed E-state index contributed by atoms with van der Waals surface area (Å²) in [6, 6.07) is 0.135. The lowest BCUT2D eigenvalue weighted by atomic mass is 10.1. The van der Waals surface area contributed by atoms with Crippen LogP contribution in [0.2, 0.25) is 0 Å². The Labute approximate surface area is 104 Å². The van der Waals surface area contributed by atoms with Gasteiger partial charge in [-0.05, 0) is 39.2 Å². The molecule has 0 aliphatic carbocycles. The number of hydrogen-bond donors (Lipinski definition) is 1. The topological polar surface area (TPSA) is 47.7 Å². The number of rotatable bonds is 5. The van der Waals surface area contributed by atoms with Crippen LogP contribution in [-0.4, -0.2) is 56.0 Å². The first-order chi connectivity index (χ1) is 8.25. The SMILES string of the molecule is CC(N)C1CN(CCCC2CCCO2)CCO1. The molecule has 3 unspecified atom stereocenters. The molecule has 2 aliphatic heterocycles. The highest BCUT2D eigenvalue weighted by molar-refractivity contribution is 4.78. The van der Waals surface area contributed by atoms with E-state index < -0.39 is 0 Å². The van der Waals surface area contributed by atoms with Crippen LogP contribution in [0, 0.1) is 0 Å². The number of nitrogens with zero attached hydrogens (tertiary/aromatic N) is 1. The van der Waals surface area contributed by atoms with Gasteiger partial charge in [-0.25, -0.2) is 0 Å². The van der Waals surface area contributed by atoms with Crippen molar-refractivity contribution in [1.82, 2.24) is 4.90 Å². The van der Waals surface area contributed by atoms with E-state index in [9.17, 15) is 0 Å². The summed E-state index contributed by atoms with van der Waals surface area (Å²) < 4.78 is 11.3.